The molecule has 0 aliphatic carbocycles. The van der Waals surface area contributed by atoms with Gasteiger partial charge in [0, 0.05) is 38.1 Å². The largest absolute Gasteiger partial charge is 0.420 e. The Labute approximate surface area is 225 Å². The van der Waals surface area contributed by atoms with E-state index in [1.54, 1.807) is 18.0 Å². The number of imidazole rings is 1. The molecule has 4 heterocycles. The van der Waals surface area contributed by atoms with E-state index >= 15 is 0 Å². The lowest BCUT2D eigenvalue weighted by Gasteiger charge is -2.31. The van der Waals surface area contributed by atoms with Gasteiger partial charge in [0.25, 0.3) is 0 Å². The maximum atomic E-state index is 14.0. The smallest absolute Gasteiger partial charge is 0.351 e. The molecule has 0 radical (unpaired) electrons. The van der Waals surface area contributed by atoms with E-state index in [2.05, 4.69) is 24.6 Å². The van der Waals surface area contributed by atoms with Gasteiger partial charge in [-0.3, -0.25) is 9.21 Å². The minimum atomic E-state index is -4.78. The minimum absolute atomic E-state index is 0.0142. The Kier molecular flexibility index (Phi) is 7.80. The molecule has 2 fully saturated rings. The molecule has 0 bridgehead atoms. The first kappa shape index (κ1) is 27.7. The van der Waals surface area contributed by atoms with Gasteiger partial charge in [-0.25, -0.2) is 15.0 Å². The molecule has 5 rings (SSSR count). The van der Waals surface area contributed by atoms with Crippen LogP contribution in [-0.4, -0.2) is 67.2 Å². The summed E-state index contributed by atoms with van der Waals surface area (Å²) in [6.07, 6.45) is -2.02. The number of alkyl halides is 6. The fourth-order valence-electron chi connectivity index (χ4n) is 4.73. The number of aromatic nitrogens is 4. The van der Waals surface area contributed by atoms with Crippen molar-refractivity contribution in [2.45, 2.75) is 44.2 Å². The summed E-state index contributed by atoms with van der Waals surface area (Å²) in [5, 5.41) is 3.10. The summed E-state index contributed by atoms with van der Waals surface area (Å²) < 4.78 is 86.8. The number of piperidine rings is 1. The molecule has 0 spiro atoms. The van der Waals surface area contributed by atoms with Gasteiger partial charge < -0.3 is 9.88 Å². The maximum absolute atomic E-state index is 14.0. The van der Waals surface area contributed by atoms with Crippen LogP contribution < -0.4 is 5.32 Å². The SMILES string of the molecule is CSN1CCC(Nc2ncc(C(F)(F)F)c(-c3cn(-c4ccc(CN5CCC5)cc4C(F)(F)F)cn3)n2)CC1. The van der Waals surface area contributed by atoms with Gasteiger partial charge in [0.05, 0.1) is 17.6 Å². The third-order valence-corrected chi connectivity index (χ3v) is 7.85. The summed E-state index contributed by atoms with van der Waals surface area (Å²) >= 11 is 1.63. The van der Waals surface area contributed by atoms with Gasteiger partial charge in [0.2, 0.25) is 5.95 Å². The average Bonchev–Trinajstić information content (AvgIpc) is 3.35. The monoisotopic (exact) mass is 571 g/mol. The quantitative estimate of drug-likeness (QED) is 0.287. The lowest BCUT2D eigenvalue weighted by molar-refractivity contribution is -0.138. The fourth-order valence-corrected chi connectivity index (χ4v) is 5.30. The molecule has 39 heavy (non-hydrogen) atoms. The van der Waals surface area contributed by atoms with E-state index in [1.165, 1.54) is 6.07 Å². The molecule has 0 amide bonds. The van der Waals surface area contributed by atoms with E-state index in [4.69, 9.17) is 0 Å². The van der Waals surface area contributed by atoms with Gasteiger partial charge >= 0.3 is 12.4 Å². The number of hydrogen-bond acceptors (Lipinski definition) is 7. The van der Waals surface area contributed by atoms with Crippen LogP contribution in [0.2, 0.25) is 0 Å². The second-order valence-corrected chi connectivity index (χ2v) is 10.5. The lowest BCUT2D eigenvalue weighted by atomic mass is 10.1. The van der Waals surface area contributed by atoms with E-state index in [1.807, 2.05) is 11.2 Å². The molecular formula is C25H27F6N7S. The van der Waals surface area contributed by atoms with E-state index in [-0.39, 0.29) is 23.4 Å². The highest BCUT2D eigenvalue weighted by molar-refractivity contribution is 7.96. The molecule has 14 heteroatoms. The minimum Gasteiger partial charge on any atom is -0.351 e. The number of nitrogens with zero attached hydrogens (tertiary/aromatic N) is 6. The van der Waals surface area contributed by atoms with Crippen LogP contribution in [0.4, 0.5) is 32.3 Å². The zero-order chi connectivity index (χ0) is 27.8. The van der Waals surface area contributed by atoms with Crippen molar-refractivity contribution in [2.24, 2.45) is 0 Å². The first-order valence-corrected chi connectivity index (χ1v) is 13.7. The number of nitrogens with one attached hydrogen (secondary N) is 1. The highest BCUT2D eigenvalue weighted by Crippen LogP contribution is 2.38. The molecule has 1 aromatic carbocycles. The molecule has 7 nitrogen and oxygen atoms in total. The first-order chi connectivity index (χ1) is 18.5. The van der Waals surface area contributed by atoms with Crippen molar-refractivity contribution in [3.63, 3.8) is 0 Å². The highest BCUT2D eigenvalue weighted by Gasteiger charge is 2.37. The molecular weight excluding hydrogens is 544 g/mol. The van der Waals surface area contributed by atoms with Gasteiger partial charge in [-0.2, -0.15) is 26.3 Å². The van der Waals surface area contributed by atoms with Crippen LogP contribution in [0, 0.1) is 0 Å². The molecule has 2 aliphatic heterocycles. The first-order valence-electron chi connectivity index (χ1n) is 12.5. The number of likely N-dealkylation sites (tertiary alicyclic amines) is 1. The summed E-state index contributed by atoms with van der Waals surface area (Å²) in [7, 11) is 0. The van der Waals surface area contributed by atoms with Crippen molar-refractivity contribution >= 4 is 17.9 Å². The van der Waals surface area contributed by atoms with E-state index < -0.39 is 29.2 Å². The summed E-state index contributed by atoms with van der Waals surface area (Å²) in [4.78, 5) is 14.1. The molecule has 0 unspecified atom stereocenters. The predicted octanol–water partition coefficient (Wildman–Crippen LogP) is 5.73. The Morgan fingerprint density at radius 3 is 2.31 bits per heavy atom. The van der Waals surface area contributed by atoms with Crippen molar-refractivity contribution < 1.29 is 26.3 Å². The predicted molar refractivity (Wildman–Crippen MR) is 136 cm³/mol. The summed E-state index contributed by atoms with van der Waals surface area (Å²) in [5.74, 6) is 0.0153. The molecule has 210 valence electrons. The summed E-state index contributed by atoms with van der Waals surface area (Å²) in [6, 6.07) is 3.99. The Balaban J connectivity index is 1.46. The topological polar surface area (TPSA) is 62.1 Å². The van der Waals surface area contributed by atoms with Crippen LogP contribution in [0.25, 0.3) is 17.1 Å². The van der Waals surface area contributed by atoms with Crippen LogP contribution >= 0.6 is 11.9 Å². The maximum Gasteiger partial charge on any atom is 0.420 e. The molecule has 1 N–H and O–H groups in total. The number of rotatable bonds is 7. The molecule has 2 aliphatic rings. The zero-order valence-corrected chi connectivity index (χ0v) is 21.9. The van der Waals surface area contributed by atoms with Gasteiger partial charge in [-0.05, 0) is 56.3 Å². The number of halogens is 6. The van der Waals surface area contributed by atoms with Crippen molar-refractivity contribution in [3.05, 3.63) is 53.6 Å². The molecule has 3 aromatic rings. The number of hydrogen-bond donors (Lipinski definition) is 1. The molecule has 2 aromatic heterocycles. The van der Waals surface area contributed by atoms with Crippen LogP contribution in [0.5, 0.6) is 0 Å². The second-order valence-electron chi connectivity index (χ2n) is 9.63. The molecule has 0 saturated carbocycles. The summed E-state index contributed by atoms with van der Waals surface area (Å²) in [6.45, 7) is 3.70. The third kappa shape index (κ3) is 6.33. The zero-order valence-electron chi connectivity index (χ0n) is 21.1. The normalized spacial score (nSPS) is 17.8. The Bertz CT molecular complexity index is 1300. The Morgan fingerprint density at radius 2 is 1.69 bits per heavy atom. The molecule has 2 saturated heterocycles. The lowest BCUT2D eigenvalue weighted by Crippen LogP contribution is -2.36. The van der Waals surface area contributed by atoms with Crippen LogP contribution in [0.15, 0.2) is 36.9 Å². The summed E-state index contributed by atoms with van der Waals surface area (Å²) in [5.41, 5.74) is -2.42. The van der Waals surface area contributed by atoms with Crippen molar-refractivity contribution in [2.75, 3.05) is 37.8 Å². The standard InChI is InChI=1S/C25H27F6N7S/c1-39-38-9-5-17(6-10-38)34-23-32-12-19(25(29,30)31)22(35-23)20-14-37(15-33-20)21-4-3-16(13-36-7-2-8-36)11-18(21)24(26,27)28/h3-4,11-12,14-15,17H,2,5-10,13H2,1H3,(H,32,34,35). The fraction of sp³-hybridized carbons (Fsp3) is 0.480. The van der Waals surface area contributed by atoms with Crippen LogP contribution in [0.1, 0.15) is 36.0 Å². The van der Waals surface area contributed by atoms with Gasteiger partial charge in [-0.1, -0.05) is 18.0 Å². The van der Waals surface area contributed by atoms with Gasteiger partial charge in [0.15, 0.2) is 0 Å². The van der Waals surface area contributed by atoms with Gasteiger partial charge in [0.1, 0.15) is 17.0 Å². The van der Waals surface area contributed by atoms with Crippen LogP contribution in [0.3, 0.4) is 0 Å². The van der Waals surface area contributed by atoms with Crippen molar-refractivity contribution in [1.82, 2.24) is 28.7 Å². The Morgan fingerprint density at radius 1 is 0.974 bits per heavy atom. The Hall–Kier alpha value is -2.84. The van der Waals surface area contributed by atoms with Crippen molar-refractivity contribution in [1.29, 1.82) is 0 Å². The number of benzene rings is 1. The van der Waals surface area contributed by atoms with Gasteiger partial charge in [-0.15, -0.1) is 0 Å². The number of anilines is 1. The van der Waals surface area contributed by atoms with E-state index in [9.17, 15) is 26.3 Å². The average molecular weight is 572 g/mol. The molecule has 0 atom stereocenters. The van der Waals surface area contributed by atoms with Crippen molar-refractivity contribution in [3.8, 4) is 17.1 Å². The third-order valence-electron chi connectivity index (χ3n) is 6.96. The van der Waals surface area contributed by atoms with E-state index in [0.717, 1.165) is 68.6 Å². The van der Waals surface area contributed by atoms with E-state index in [0.29, 0.717) is 18.3 Å². The second kappa shape index (κ2) is 11.0. The van der Waals surface area contributed by atoms with Crippen LogP contribution in [-0.2, 0) is 18.9 Å². The highest BCUT2D eigenvalue weighted by atomic mass is 32.2.